The molecule has 2 aromatic rings. The van der Waals surface area contributed by atoms with Gasteiger partial charge in [-0.25, -0.2) is 0 Å². The Kier molecular flexibility index (Phi) is 6.27. The first-order valence-corrected chi connectivity index (χ1v) is 10.2. The van der Waals surface area contributed by atoms with Gasteiger partial charge in [0.2, 0.25) is 11.2 Å². The highest BCUT2D eigenvalue weighted by molar-refractivity contribution is 5.78. The number of amides is 1. The lowest BCUT2D eigenvalue weighted by atomic mass is 10.2. The summed E-state index contributed by atoms with van der Waals surface area (Å²) < 4.78 is 10.9. The molecule has 29 heavy (non-hydrogen) atoms. The second-order valence-corrected chi connectivity index (χ2v) is 7.74. The van der Waals surface area contributed by atoms with Crippen molar-refractivity contribution in [2.75, 3.05) is 32.8 Å². The normalized spacial score (nSPS) is 17.8. The zero-order valence-corrected chi connectivity index (χ0v) is 16.5. The SMILES string of the molecule is O=C(COc1coc(CN2CCN(Cc3ccccc3)CC2)cc1=O)NC1CC1. The van der Waals surface area contributed by atoms with E-state index in [1.54, 1.807) is 0 Å². The van der Waals surface area contributed by atoms with E-state index in [2.05, 4.69) is 39.4 Å². The number of nitrogens with zero attached hydrogens (tertiary/aromatic N) is 2. The standard InChI is InChI=1S/C22H27N3O4/c26-20-12-19(28-15-21(20)29-16-22(27)23-18-6-7-18)14-25-10-8-24(9-11-25)13-17-4-2-1-3-5-17/h1-5,12,15,18H,6-11,13-14,16H2,(H,23,27). The lowest BCUT2D eigenvalue weighted by molar-refractivity contribution is -0.123. The lowest BCUT2D eigenvalue weighted by Gasteiger charge is -2.34. The van der Waals surface area contributed by atoms with E-state index >= 15 is 0 Å². The topological polar surface area (TPSA) is 75.0 Å². The summed E-state index contributed by atoms with van der Waals surface area (Å²) in [5.74, 6) is 0.484. The fraction of sp³-hybridized carbons (Fsp3) is 0.455. The summed E-state index contributed by atoms with van der Waals surface area (Å²) in [5.41, 5.74) is 1.07. The minimum absolute atomic E-state index is 0.0763. The average molecular weight is 397 g/mol. The summed E-state index contributed by atoms with van der Waals surface area (Å²) in [6, 6.07) is 12.2. The van der Waals surface area contributed by atoms with E-state index in [-0.39, 0.29) is 29.7 Å². The van der Waals surface area contributed by atoms with Crippen LogP contribution in [0.1, 0.15) is 24.2 Å². The molecule has 1 aromatic heterocycles. The van der Waals surface area contributed by atoms with Gasteiger partial charge in [-0.15, -0.1) is 0 Å². The second kappa shape index (κ2) is 9.24. The van der Waals surface area contributed by atoms with E-state index in [9.17, 15) is 9.59 Å². The number of piperazine rings is 1. The molecule has 0 bridgehead atoms. The van der Waals surface area contributed by atoms with Crippen molar-refractivity contribution >= 4 is 5.91 Å². The van der Waals surface area contributed by atoms with Crippen molar-refractivity contribution in [1.29, 1.82) is 0 Å². The summed E-state index contributed by atoms with van der Waals surface area (Å²) in [5, 5.41) is 2.82. The molecule has 154 valence electrons. The predicted octanol–water partition coefficient (Wildman–Crippen LogP) is 1.61. The maximum atomic E-state index is 12.2. The largest absolute Gasteiger partial charge is 0.477 e. The third-order valence-electron chi connectivity index (χ3n) is 5.25. The third-order valence-corrected chi connectivity index (χ3v) is 5.25. The molecule has 1 N–H and O–H groups in total. The molecule has 1 saturated carbocycles. The number of carbonyl (C=O) groups is 1. The molecule has 7 nitrogen and oxygen atoms in total. The Morgan fingerprint density at radius 2 is 1.76 bits per heavy atom. The zero-order chi connectivity index (χ0) is 20.1. The van der Waals surface area contributed by atoms with E-state index in [1.165, 1.54) is 17.9 Å². The summed E-state index contributed by atoms with van der Waals surface area (Å²) in [4.78, 5) is 28.6. The first-order chi connectivity index (χ1) is 14.2. The van der Waals surface area contributed by atoms with Crippen LogP contribution in [0.3, 0.4) is 0 Å². The van der Waals surface area contributed by atoms with E-state index in [0.29, 0.717) is 12.3 Å². The number of ether oxygens (including phenoxy) is 1. The molecular weight excluding hydrogens is 370 g/mol. The van der Waals surface area contributed by atoms with Crippen LogP contribution in [0, 0.1) is 0 Å². The zero-order valence-electron chi connectivity index (χ0n) is 16.5. The molecule has 0 unspecified atom stereocenters. The Morgan fingerprint density at radius 1 is 1.07 bits per heavy atom. The summed E-state index contributed by atoms with van der Waals surface area (Å²) in [7, 11) is 0. The van der Waals surface area contributed by atoms with Crippen LogP contribution < -0.4 is 15.5 Å². The molecule has 1 amide bonds. The molecule has 4 rings (SSSR count). The van der Waals surface area contributed by atoms with Gasteiger partial charge < -0.3 is 14.5 Å². The molecule has 0 radical (unpaired) electrons. The van der Waals surface area contributed by atoms with Crippen molar-refractivity contribution in [3.05, 3.63) is 64.2 Å². The number of rotatable bonds is 8. The van der Waals surface area contributed by atoms with Gasteiger partial charge in [-0.05, 0) is 18.4 Å². The molecule has 0 spiro atoms. The smallest absolute Gasteiger partial charge is 0.258 e. The predicted molar refractivity (Wildman–Crippen MR) is 109 cm³/mol. The van der Waals surface area contributed by atoms with Crippen molar-refractivity contribution < 1.29 is 13.9 Å². The van der Waals surface area contributed by atoms with Gasteiger partial charge in [0, 0.05) is 44.8 Å². The quantitative estimate of drug-likeness (QED) is 0.730. The first kappa shape index (κ1) is 19.7. The van der Waals surface area contributed by atoms with Crippen LogP contribution in [-0.2, 0) is 17.9 Å². The molecule has 7 heteroatoms. The van der Waals surface area contributed by atoms with Crippen LogP contribution in [-0.4, -0.2) is 54.5 Å². The van der Waals surface area contributed by atoms with E-state index in [4.69, 9.17) is 9.15 Å². The van der Waals surface area contributed by atoms with Crippen molar-refractivity contribution in [2.24, 2.45) is 0 Å². The molecule has 0 atom stereocenters. The first-order valence-electron chi connectivity index (χ1n) is 10.2. The van der Waals surface area contributed by atoms with Crippen LogP contribution in [0.15, 0.2) is 51.9 Å². The molecule has 1 aliphatic heterocycles. The van der Waals surface area contributed by atoms with Crippen molar-refractivity contribution in [3.8, 4) is 5.75 Å². The molecule has 1 aliphatic carbocycles. The van der Waals surface area contributed by atoms with E-state index < -0.39 is 0 Å². The van der Waals surface area contributed by atoms with E-state index in [1.807, 2.05) is 6.07 Å². The summed E-state index contributed by atoms with van der Waals surface area (Å²) in [6.45, 7) is 5.21. The number of nitrogens with one attached hydrogen (secondary N) is 1. The van der Waals surface area contributed by atoms with Crippen molar-refractivity contribution in [2.45, 2.75) is 32.0 Å². The van der Waals surface area contributed by atoms with Gasteiger partial charge in [0.1, 0.15) is 12.0 Å². The Bertz CT molecular complexity index is 871. The Hall–Kier alpha value is -2.64. The van der Waals surface area contributed by atoms with Crippen LogP contribution in [0.2, 0.25) is 0 Å². The Balaban J connectivity index is 1.23. The van der Waals surface area contributed by atoms with E-state index in [0.717, 1.165) is 45.6 Å². The molecule has 2 fully saturated rings. The molecule has 2 heterocycles. The summed E-state index contributed by atoms with van der Waals surface area (Å²) >= 11 is 0. The van der Waals surface area contributed by atoms with Crippen LogP contribution >= 0.6 is 0 Å². The molecule has 1 saturated heterocycles. The summed E-state index contributed by atoms with van der Waals surface area (Å²) in [6.07, 6.45) is 3.35. The fourth-order valence-corrected chi connectivity index (χ4v) is 3.43. The molecule has 2 aliphatic rings. The number of benzene rings is 1. The highest BCUT2D eigenvalue weighted by atomic mass is 16.5. The number of hydrogen-bond acceptors (Lipinski definition) is 6. The monoisotopic (exact) mass is 397 g/mol. The van der Waals surface area contributed by atoms with Crippen LogP contribution in [0.4, 0.5) is 0 Å². The van der Waals surface area contributed by atoms with Crippen molar-refractivity contribution in [3.63, 3.8) is 0 Å². The van der Waals surface area contributed by atoms with Gasteiger partial charge in [0.05, 0.1) is 6.54 Å². The minimum Gasteiger partial charge on any atom is -0.477 e. The van der Waals surface area contributed by atoms with Crippen LogP contribution in [0.25, 0.3) is 0 Å². The minimum atomic E-state index is -0.256. The van der Waals surface area contributed by atoms with Gasteiger partial charge in [-0.2, -0.15) is 0 Å². The third kappa shape index (κ3) is 5.92. The maximum Gasteiger partial charge on any atom is 0.258 e. The van der Waals surface area contributed by atoms with Crippen molar-refractivity contribution in [1.82, 2.24) is 15.1 Å². The van der Waals surface area contributed by atoms with Gasteiger partial charge in [-0.3, -0.25) is 19.4 Å². The van der Waals surface area contributed by atoms with Gasteiger partial charge >= 0.3 is 0 Å². The van der Waals surface area contributed by atoms with Crippen LogP contribution in [0.5, 0.6) is 5.75 Å². The highest BCUT2D eigenvalue weighted by Gasteiger charge is 2.23. The highest BCUT2D eigenvalue weighted by Crippen LogP contribution is 2.18. The number of carbonyl (C=O) groups excluding carboxylic acids is 1. The number of hydrogen-bond donors (Lipinski definition) is 1. The lowest BCUT2D eigenvalue weighted by Crippen LogP contribution is -2.45. The average Bonchev–Trinajstić information content (AvgIpc) is 3.54. The molecule has 1 aromatic carbocycles. The van der Waals surface area contributed by atoms with Gasteiger partial charge in [-0.1, -0.05) is 30.3 Å². The fourth-order valence-electron chi connectivity index (χ4n) is 3.43. The molecular formula is C22H27N3O4. The van der Waals surface area contributed by atoms with Gasteiger partial charge in [0.25, 0.3) is 5.91 Å². The Labute approximate surface area is 170 Å². The second-order valence-electron chi connectivity index (χ2n) is 7.74. The Morgan fingerprint density at radius 3 is 2.41 bits per heavy atom. The van der Waals surface area contributed by atoms with Gasteiger partial charge in [0.15, 0.2) is 6.61 Å². The maximum absolute atomic E-state index is 12.2.